The molecule has 0 bridgehead atoms. The fourth-order valence-electron chi connectivity index (χ4n) is 2.46. The van der Waals surface area contributed by atoms with E-state index in [9.17, 15) is 9.59 Å². The summed E-state index contributed by atoms with van der Waals surface area (Å²) in [4.78, 5) is 22.5. The molecule has 0 aliphatic heterocycles. The van der Waals surface area contributed by atoms with Gasteiger partial charge in [-0.25, -0.2) is 0 Å². The second-order valence-electron chi connectivity index (χ2n) is 5.24. The van der Waals surface area contributed by atoms with E-state index < -0.39 is 0 Å². The van der Waals surface area contributed by atoms with Crippen molar-refractivity contribution in [1.29, 1.82) is 0 Å². The summed E-state index contributed by atoms with van der Waals surface area (Å²) in [6, 6.07) is 3.59. The topological polar surface area (TPSA) is 61.8 Å². The summed E-state index contributed by atoms with van der Waals surface area (Å²) in [5.74, 6) is 1.09. The highest BCUT2D eigenvalue weighted by molar-refractivity contribution is 5.82. The van der Waals surface area contributed by atoms with Gasteiger partial charge in [0.05, 0.1) is 26.4 Å². The molecule has 0 atom stereocenters. The molecular formula is C18H26O5. The SMILES string of the molecule is CCOC(=O)CCCCCCc1cc(OC)cc(OC)c1C=O. The molecule has 5 nitrogen and oxygen atoms in total. The maximum Gasteiger partial charge on any atom is 0.305 e. The largest absolute Gasteiger partial charge is 0.497 e. The van der Waals surface area contributed by atoms with E-state index >= 15 is 0 Å². The Morgan fingerprint density at radius 1 is 1.09 bits per heavy atom. The summed E-state index contributed by atoms with van der Waals surface area (Å²) >= 11 is 0. The van der Waals surface area contributed by atoms with Crippen molar-refractivity contribution in [3.05, 3.63) is 23.3 Å². The molecule has 1 aromatic rings. The lowest BCUT2D eigenvalue weighted by Crippen LogP contribution is -2.03. The molecule has 0 saturated carbocycles. The molecule has 0 aromatic heterocycles. The monoisotopic (exact) mass is 322 g/mol. The van der Waals surface area contributed by atoms with Gasteiger partial charge >= 0.3 is 5.97 Å². The Morgan fingerprint density at radius 3 is 2.43 bits per heavy atom. The van der Waals surface area contributed by atoms with Gasteiger partial charge in [-0.3, -0.25) is 9.59 Å². The minimum atomic E-state index is -0.131. The third-order valence-electron chi connectivity index (χ3n) is 3.66. The quantitative estimate of drug-likeness (QED) is 0.354. The molecule has 0 amide bonds. The molecular weight excluding hydrogens is 296 g/mol. The molecule has 0 aliphatic rings. The van der Waals surface area contributed by atoms with Gasteiger partial charge in [-0.1, -0.05) is 12.8 Å². The van der Waals surface area contributed by atoms with Crippen LogP contribution in [-0.4, -0.2) is 33.1 Å². The first kappa shape index (κ1) is 19.0. The first-order chi connectivity index (χ1) is 11.2. The van der Waals surface area contributed by atoms with Crippen molar-refractivity contribution in [2.24, 2.45) is 0 Å². The molecule has 0 fully saturated rings. The zero-order chi connectivity index (χ0) is 17.1. The molecule has 1 aromatic carbocycles. The lowest BCUT2D eigenvalue weighted by atomic mass is 10.00. The number of ether oxygens (including phenoxy) is 3. The number of carbonyl (C=O) groups excluding carboxylic acids is 2. The minimum absolute atomic E-state index is 0.131. The van der Waals surface area contributed by atoms with Gasteiger partial charge in [0.1, 0.15) is 11.5 Å². The van der Waals surface area contributed by atoms with Crippen LogP contribution in [0.1, 0.15) is 54.9 Å². The Morgan fingerprint density at radius 2 is 1.83 bits per heavy atom. The molecule has 0 N–H and O–H groups in total. The highest BCUT2D eigenvalue weighted by Gasteiger charge is 2.11. The highest BCUT2D eigenvalue weighted by atomic mass is 16.5. The van der Waals surface area contributed by atoms with E-state index in [1.807, 2.05) is 13.0 Å². The van der Waals surface area contributed by atoms with Crippen molar-refractivity contribution in [2.45, 2.75) is 45.4 Å². The molecule has 1 rings (SSSR count). The number of carbonyl (C=O) groups is 2. The van der Waals surface area contributed by atoms with Crippen molar-refractivity contribution in [2.75, 3.05) is 20.8 Å². The molecule has 5 heteroatoms. The predicted octanol–water partition coefficient (Wildman–Crippen LogP) is 3.57. The molecule has 0 heterocycles. The van der Waals surface area contributed by atoms with Gasteiger partial charge in [-0.2, -0.15) is 0 Å². The van der Waals surface area contributed by atoms with Crippen LogP contribution in [0.25, 0.3) is 0 Å². The van der Waals surface area contributed by atoms with E-state index in [2.05, 4.69) is 0 Å². The molecule has 23 heavy (non-hydrogen) atoms. The molecule has 0 saturated heterocycles. The van der Waals surface area contributed by atoms with Gasteiger partial charge < -0.3 is 14.2 Å². The van der Waals surface area contributed by atoms with Crippen molar-refractivity contribution >= 4 is 12.3 Å². The standard InChI is InChI=1S/C18H26O5/c1-4-23-18(20)10-8-6-5-7-9-14-11-15(21-2)12-17(22-3)16(14)13-19/h11-13H,4-10H2,1-3H3. The number of aryl methyl sites for hydroxylation is 1. The summed E-state index contributed by atoms with van der Waals surface area (Å²) in [5, 5.41) is 0. The number of aldehydes is 1. The molecule has 0 spiro atoms. The van der Waals surface area contributed by atoms with Gasteiger partial charge in [0, 0.05) is 12.5 Å². The van der Waals surface area contributed by atoms with Crippen molar-refractivity contribution in [3.63, 3.8) is 0 Å². The summed E-state index contributed by atoms with van der Waals surface area (Å²) in [7, 11) is 3.13. The van der Waals surface area contributed by atoms with Crippen LogP contribution in [0.2, 0.25) is 0 Å². The number of esters is 1. The fourth-order valence-corrected chi connectivity index (χ4v) is 2.46. The predicted molar refractivity (Wildman–Crippen MR) is 88.4 cm³/mol. The van der Waals surface area contributed by atoms with Gasteiger partial charge in [-0.15, -0.1) is 0 Å². The van der Waals surface area contributed by atoms with Crippen LogP contribution in [-0.2, 0) is 16.0 Å². The average Bonchev–Trinajstić information content (AvgIpc) is 2.57. The van der Waals surface area contributed by atoms with Gasteiger partial charge in [0.15, 0.2) is 6.29 Å². The Balaban J connectivity index is 2.48. The van der Waals surface area contributed by atoms with Crippen LogP contribution in [0.15, 0.2) is 12.1 Å². The smallest absolute Gasteiger partial charge is 0.305 e. The first-order valence-corrected chi connectivity index (χ1v) is 8.01. The molecule has 0 radical (unpaired) electrons. The van der Waals surface area contributed by atoms with Gasteiger partial charge in [-0.05, 0) is 37.8 Å². The molecule has 0 unspecified atom stereocenters. The highest BCUT2D eigenvalue weighted by Crippen LogP contribution is 2.28. The Bertz CT molecular complexity index is 510. The van der Waals surface area contributed by atoms with E-state index in [4.69, 9.17) is 14.2 Å². The van der Waals surface area contributed by atoms with Crippen molar-refractivity contribution in [1.82, 2.24) is 0 Å². The zero-order valence-corrected chi connectivity index (χ0v) is 14.2. The average molecular weight is 322 g/mol. The maximum atomic E-state index is 11.3. The number of benzene rings is 1. The van der Waals surface area contributed by atoms with Crippen LogP contribution in [0.3, 0.4) is 0 Å². The lowest BCUT2D eigenvalue weighted by molar-refractivity contribution is -0.143. The summed E-state index contributed by atoms with van der Waals surface area (Å²) in [6.45, 7) is 2.25. The lowest BCUT2D eigenvalue weighted by Gasteiger charge is -2.12. The summed E-state index contributed by atoms with van der Waals surface area (Å²) in [5.41, 5.74) is 1.52. The zero-order valence-electron chi connectivity index (χ0n) is 14.2. The van der Waals surface area contributed by atoms with Gasteiger partial charge in [0.25, 0.3) is 0 Å². The van der Waals surface area contributed by atoms with Crippen molar-refractivity contribution < 1.29 is 23.8 Å². The number of methoxy groups -OCH3 is 2. The second-order valence-corrected chi connectivity index (χ2v) is 5.24. The third-order valence-corrected chi connectivity index (χ3v) is 3.66. The second kappa shape index (κ2) is 10.6. The number of rotatable bonds is 11. The number of hydrogen-bond donors (Lipinski definition) is 0. The first-order valence-electron chi connectivity index (χ1n) is 8.01. The van der Waals surface area contributed by atoms with Crippen LogP contribution in [0, 0.1) is 0 Å². The van der Waals surface area contributed by atoms with Crippen LogP contribution in [0.4, 0.5) is 0 Å². The van der Waals surface area contributed by atoms with E-state index in [0.29, 0.717) is 30.1 Å². The Hall–Kier alpha value is -2.04. The number of hydrogen-bond acceptors (Lipinski definition) is 5. The molecule has 128 valence electrons. The Kier molecular flexibility index (Phi) is 8.80. The van der Waals surface area contributed by atoms with Crippen LogP contribution >= 0.6 is 0 Å². The van der Waals surface area contributed by atoms with Crippen LogP contribution in [0.5, 0.6) is 11.5 Å². The van der Waals surface area contributed by atoms with Gasteiger partial charge in [0.2, 0.25) is 0 Å². The number of unbranched alkanes of at least 4 members (excludes halogenated alkanes) is 3. The van der Waals surface area contributed by atoms with Crippen LogP contribution < -0.4 is 9.47 Å². The van der Waals surface area contributed by atoms with E-state index in [1.54, 1.807) is 20.3 Å². The normalized spacial score (nSPS) is 10.2. The van der Waals surface area contributed by atoms with E-state index in [0.717, 1.165) is 44.0 Å². The molecule has 0 aliphatic carbocycles. The summed E-state index contributed by atoms with van der Waals surface area (Å²) in [6.07, 6.45) is 5.82. The maximum absolute atomic E-state index is 11.3. The minimum Gasteiger partial charge on any atom is -0.497 e. The summed E-state index contributed by atoms with van der Waals surface area (Å²) < 4.78 is 15.4. The Labute approximate surface area is 137 Å². The van der Waals surface area contributed by atoms with E-state index in [-0.39, 0.29) is 5.97 Å². The fraction of sp³-hybridized carbons (Fsp3) is 0.556. The third kappa shape index (κ3) is 6.30. The van der Waals surface area contributed by atoms with E-state index in [1.165, 1.54) is 0 Å². The van der Waals surface area contributed by atoms with Crippen molar-refractivity contribution in [3.8, 4) is 11.5 Å².